The molecule has 1 aromatic heterocycles. The van der Waals surface area contributed by atoms with Gasteiger partial charge >= 0.3 is 5.97 Å². The average molecular weight is 288 g/mol. The van der Waals surface area contributed by atoms with Crippen molar-refractivity contribution < 1.29 is 14.7 Å². The number of H-pyrrole nitrogens is 1. The standard InChI is InChI=1S/C16H20N2O3/c1-4-7-18(9-15(19)20)16(21)14-8-12-11(3)10(2)5-6-13(12)17-14/h5-6,8,17H,4,7,9H2,1-3H3,(H,19,20). The first-order valence-corrected chi connectivity index (χ1v) is 7.04. The van der Waals surface area contributed by atoms with Crippen LogP contribution in [0.5, 0.6) is 0 Å². The summed E-state index contributed by atoms with van der Waals surface area (Å²) in [6.07, 6.45) is 0.720. The number of hydrogen-bond donors (Lipinski definition) is 2. The summed E-state index contributed by atoms with van der Waals surface area (Å²) < 4.78 is 0. The van der Waals surface area contributed by atoms with Crippen LogP contribution in [0.25, 0.3) is 10.9 Å². The van der Waals surface area contributed by atoms with Crippen LogP contribution in [0.2, 0.25) is 0 Å². The Morgan fingerprint density at radius 3 is 2.62 bits per heavy atom. The highest BCUT2D eigenvalue weighted by molar-refractivity contribution is 6.00. The Morgan fingerprint density at radius 2 is 2.00 bits per heavy atom. The number of fused-ring (bicyclic) bond motifs is 1. The number of benzene rings is 1. The molecular formula is C16H20N2O3. The van der Waals surface area contributed by atoms with Gasteiger partial charge in [-0.15, -0.1) is 0 Å². The number of nitrogens with one attached hydrogen (secondary N) is 1. The third-order valence-electron chi connectivity index (χ3n) is 3.68. The maximum atomic E-state index is 12.5. The molecular weight excluding hydrogens is 268 g/mol. The average Bonchev–Trinajstić information content (AvgIpc) is 2.86. The molecule has 0 radical (unpaired) electrons. The van der Waals surface area contributed by atoms with E-state index in [0.717, 1.165) is 28.5 Å². The highest BCUT2D eigenvalue weighted by Gasteiger charge is 2.20. The van der Waals surface area contributed by atoms with Gasteiger partial charge in [-0.25, -0.2) is 0 Å². The number of aliphatic carboxylic acids is 1. The Bertz CT molecular complexity index is 688. The molecule has 0 saturated carbocycles. The summed E-state index contributed by atoms with van der Waals surface area (Å²) in [7, 11) is 0. The fraction of sp³-hybridized carbons (Fsp3) is 0.375. The summed E-state index contributed by atoms with van der Waals surface area (Å²) in [5.74, 6) is -1.27. The monoisotopic (exact) mass is 288 g/mol. The lowest BCUT2D eigenvalue weighted by Crippen LogP contribution is -2.36. The number of carboxylic acid groups (broad SMARTS) is 1. The van der Waals surface area contributed by atoms with E-state index in [4.69, 9.17) is 5.11 Å². The van der Waals surface area contributed by atoms with Crippen LogP contribution in [0.1, 0.15) is 35.0 Å². The number of nitrogens with zero attached hydrogens (tertiary/aromatic N) is 1. The molecule has 112 valence electrons. The molecule has 0 atom stereocenters. The third-order valence-corrected chi connectivity index (χ3v) is 3.68. The van der Waals surface area contributed by atoms with Gasteiger partial charge in [-0.2, -0.15) is 0 Å². The molecule has 2 aromatic rings. The van der Waals surface area contributed by atoms with E-state index in [-0.39, 0.29) is 12.5 Å². The Balaban J connectivity index is 2.37. The lowest BCUT2D eigenvalue weighted by Gasteiger charge is -2.18. The summed E-state index contributed by atoms with van der Waals surface area (Å²) in [5, 5.41) is 9.93. The third kappa shape index (κ3) is 3.07. The molecule has 0 unspecified atom stereocenters. The number of amides is 1. The van der Waals surface area contributed by atoms with Crippen LogP contribution < -0.4 is 0 Å². The summed E-state index contributed by atoms with van der Waals surface area (Å²) in [4.78, 5) is 27.8. The Kier molecular flexibility index (Phi) is 4.31. The van der Waals surface area contributed by atoms with Gasteiger partial charge in [0.15, 0.2) is 0 Å². The van der Waals surface area contributed by atoms with E-state index in [1.165, 1.54) is 4.90 Å². The van der Waals surface area contributed by atoms with Gasteiger partial charge in [0, 0.05) is 17.4 Å². The molecule has 0 aliphatic carbocycles. The van der Waals surface area contributed by atoms with Gasteiger partial charge in [0.2, 0.25) is 0 Å². The van der Waals surface area contributed by atoms with Crippen LogP contribution in [-0.4, -0.2) is 40.0 Å². The number of rotatable bonds is 5. The van der Waals surface area contributed by atoms with Crippen molar-refractivity contribution in [3.05, 3.63) is 35.0 Å². The maximum absolute atomic E-state index is 12.5. The van der Waals surface area contributed by atoms with E-state index in [1.807, 2.05) is 39.0 Å². The predicted molar refractivity (Wildman–Crippen MR) is 81.6 cm³/mol. The second-order valence-electron chi connectivity index (χ2n) is 5.27. The van der Waals surface area contributed by atoms with Gasteiger partial charge in [-0.1, -0.05) is 13.0 Å². The minimum Gasteiger partial charge on any atom is -0.480 e. The molecule has 2 rings (SSSR count). The largest absolute Gasteiger partial charge is 0.480 e. The smallest absolute Gasteiger partial charge is 0.323 e. The summed E-state index contributed by atoms with van der Waals surface area (Å²) in [6.45, 7) is 6.11. The number of carboxylic acids is 1. The van der Waals surface area contributed by atoms with Crippen LogP contribution in [0, 0.1) is 13.8 Å². The number of aryl methyl sites for hydroxylation is 2. The fourth-order valence-electron chi connectivity index (χ4n) is 2.43. The zero-order valence-corrected chi connectivity index (χ0v) is 12.6. The zero-order chi connectivity index (χ0) is 15.6. The van der Waals surface area contributed by atoms with Crippen LogP contribution in [-0.2, 0) is 4.79 Å². The second-order valence-corrected chi connectivity index (χ2v) is 5.27. The van der Waals surface area contributed by atoms with Crippen molar-refractivity contribution >= 4 is 22.8 Å². The topological polar surface area (TPSA) is 73.4 Å². The summed E-state index contributed by atoms with van der Waals surface area (Å²) in [5.41, 5.74) is 3.63. The normalized spacial score (nSPS) is 10.8. The fourth-order valence-corrected chi connectivity index (χ4v) is 2.43. The first-order chi connectivity index (χ1) is 9.93. The van der Waals surface area contributed by atoms with Gasteiger partial charge in [0.1, 0.15) is 12.2 Å². The minimum atomic E-state index is -1.00. The number of carbonyl (C=O) groups is 2. The van der Waals surface area contributed by atoms with Crippen LogP contribution >= 0.6 is 0 Å². The second kappa shape index (κ2) is 5.99. The highest BCUT2D eigenvalue weighted by atomic mass is 16.4. The first-order valence-electron chi connectivity index (χ1n) is 7.04. The van der Waals surface area contributed by atoms with E-state index in [0.29, 0.717) is 12.2 Å². The van der Waals surface area contributed by atoms with Crippen molar-refractivity contribution in [2.24, 2.45) is 0 Å². The Labute approximate surface area is 123 Å². The van der Waals surface area contributed by atoms with Crippen molar-refractivity contribution in [1.82, 2.24) is 9.88 Å². The lowest BCUT2D eigenvalue weighted by molar-refractivity contribution is -0.137. The lowest BCUT2D eigenvalue weighted by atomic mass is 10.1. The molecule has 5 heteroatoms. The molecule has 1 heterocycles. The zero-order valence-electron chi connectivity index (χ0n) is 12.6. The molecule has 0 bridgehead atoms. The molecule has 0 saturated heterocycles. The Morgan fingerprint density at radius 1 is 1.29 bits per heavy atom. The number of carbonyl (C=O) groups excluding carboxylic acids is 1. The number of aromatic nitrogens is 1. The molecule has 2 N–H and O–H groups in total. The SMILES string of the molecule is CCCN(CC(=O)O)C(=O)c1cc2c(C)c(C)ccc2[nH]1. The van der Waals surface area contributed by atoms with E-state index >= 15 is 0 Å². The number of aromatic amines is 1. The van der Waals surface area contributed by atoms with Gasteiger partial charge in [-0.3, -0.25) is 9.59 Å². The van der Waals surface area contributed by atoms with Gasteiger partial charge in [0.05, 0.1) is 0 Å². The molecule has 5 nitrogen and oxygen atoms in total. The molecule has 0 fully saturated rings. The Hall–Kier alpha value is -2.30. The highest BCUT2D eigenvalue weighted by Crippen LogP contribution is 2.23. The summed E-state index contributed by atoms with van der Waals surface area (Å²) >= 11 is 0. The quantitative estimate of drug-likeness (QED) is 0.888. The molecule has 1 aromatic carbocycles. The van der Waals surface area contributed by atoms with E-state index in [1.54, 1.807) is 0 Å². The van der Waals surface area contributed by atoms with Gasteiger partial charge < -0.3 is 15.0 Å². The van der Waals surface area contributed by atoms with Crippen molar-refractivity contribution in [2.75, 3.05) is 13.1 Å². The molecule has 0 aliphatic heterocycles. The molecule has 0 aliphatic rings. The predicted octanol–water partition coefficient (Wildman–Crippen LogP) is 2.72. The molecule has 21 heavy (non-hydrogen) atoms. The van der Waals surface area contributed by atoms with Crippen molar-refractivity contribution in [3.8, 4) is 0 Å². The molecule has 0 spiro atoms. The van der Waals surface area contributed by atoms with Crippen LogP contribution in [0.3, 0.4) is 0 Å². The van der Waals surface area contributed by atoms with Crippen molar-refractivity contribution in [3.63, 3.8) is 0 Å². The van der Waals surface area contributed by atoms with Crippen LogP contribution in [0.15, 0.2) is 18.2 Å². The van der Waals surface area contributed by atoms with Crippen molar-refractivity contribution in [2.45, 2.75) is 27.2 Å². The van der Waals surface area contributed by atoms with Gasteiger partial charge in [-0.05, 0) is 43.5 Å². The first kappa shape index (κ1) is 15.1. The molecule has 1 amide bonds. The van der Waals surface area contributed by atoms with E-state index in [9.17, 15) is 9.59 Å². The van der Waals surface area contributed by atoms with E-state index in [2.05, 4.69) is 4.98 Å². The minimum absolute atomic E-state index is 0.271. The summed E-state index contributed by atoms with van der Waals surface area (Å²) in [6, 6.07) is 5.75. The van der Waals surface area contributed by atoms with Crippen molar-refractivity contribution in [1.29, 1.82) is 0 Å². The van der Waals surface area contributed by atoms with E-state index < -0.39 is 5.97 Å². The maximum Gasteiger partial charge on any atom is 0.323 e. The number of hydrogen-bond acceptors (Lipinski definition) is 2. The van der Waals surface area contributed by atoms with Gasteiger partial charge in [0.25, 0.3) is 5.91 Å². The van der Waals surface area contributed by atoms with Crippen LogP contribution in [0.4, 0.5) is 0 Å².